The zero-order valence-corrected chi connectivity index (χ0v) is 29.3. The summed E-state index contributed by atoms with van der Waals surface area (Å²) in [5, 5.41) is 25.6. The molecule has 0 radical (unpaired) electrons. The summed E-state index contributed by atoms with van der Waals surface area (Å²) < 4.78 is 6.75. The number of alkyl carbamates (subject to hydrolysis) is 1. The van der Waals surface area contributed by atoms with Gasteiger partial charge in [-0.2, -0.15) is 0 Å². The van der Waals surface area contributed by atoms with Gasteiger partial charge in [0.25, 0.3) is 0 Å². The van der Waals surface area contributed by atoms with Crippen LogP contribution in [0.4, 0.5) is 4.79 Å². The van der Waals surface area contributed by atoms with Gasteiger partial charge >= 0.3 is 6.09 Å². The Morgan fingerprint density at radius 2 is 1.60 bits per heavy atom. The number of hydrogen-bond acceptors (Lipinski definition) is 8. The molecule has 2 saturated heterocycles. The molecule has 2 aliphatic heterocycles. The second-order valence-corrected chi connectivity index (χ2v) is 14.6. The first-order valence-electron chi connectivity index (χ1n) is 14.9. The van der Waals surface area contributed by atoms with Gasteiger partial charge in [-0.15, -0.1) is 0 Å². The normalized spacial score (nSPS) is 22.7. The number of nitrogens with two attached hydrogens (primary N) is 1. The van der Waals surface area contributed by atoms with E-state index in [0.29, 0.717) is 24.8 Å². The molecule has 0 aromatic heterocycles. The fraction of sp³-hybridized carbons (Fsp3) is 0.633. The molecule has 0 aliphatic carbocycles. The van der Waals surface area contributed by atoms with Crippen LogP contribution in [0.2, 0.25) is 0 Å². The van der Waals surface area contributed by atoms with Crippen LogP contribution >= 0.6 is 31.9 Å². The number of rotatable bonds is 10. The van der Waals surface area contributed by atoms with Gasteiger partial charge in [0.05, 0.1) is 12.2 Å². The Morgan fingerprint density at radius 3 is 2.13 bits per heavy atom. The van der Waals surface area contributed by atoms with Crippen molar-refractivity contribution in [2.75, 3.05) is 13.1 Å². The highest BCUT2D eigenvalue weighted by atomic mass is 79.9. The number of carbonyl (C=O) groups excluding carboxylic acids is 5. The van der Waals surface area contributed by atoms with Crippen LogP contribution in [0.1, 0.15) is 65.9 Å². The molecule has 45 heavy (non-hydrogen) atoms. The predicted octanol–water partition coefficient (Wildman–Crippen LogP) is 1.73. The van der Waals surface area contributed by atoms with Gasteiger partial charge in [0.15, 0.2) is 0 Å². The molecule has 250 valence electrons. The van der Waals surface area contributed by atoms with Crippen molar-refractivity contribution in [3.63, 3.8) is 0 Å². The molecule has 3 rings (SSSR count). The SMILES string of the molecule is CC(O)C(NC(=O)C1(Cc2cc(Br)cc(Br)c2)CCCN1C(=O)C1CCCN1C(=O)C(NC(=O)OC(C)(C)C)C(C)O)C(N)=O. The molecular weight excluding hydrogens is 718 g/mol. The average molecular weight is 762 g/mol. The number of likely N-dealkylation sites (tertiary alicyclic amines) is 2. The Bertz CT molecular complexity index is 1280. The Labute approximate surface area is 279 Å². The topological polar surface area (TPSA) is 192 Å². The maximum Gasteiger partial charge on any atom is 0.408 e. The van der Waals surface area contributed by atoms with E-state index in [1.54, 1.807) is 20.8 Å². The molecule has 1 aromatic rings. The summed E-state index contributed by atoms with van der Waals surface area (Å²) in [5.41, 5.74) is 3.88. The molecule has 1 aromatic carbocycles. The summed E-state index contributed by atoms with van der Waals surface area (Å²) in [6.45, 7) is 8.09. The van der Waals surface area contributed by atoms with Crippen LogP contribution in [0.3, 0.4) is 0 Å². The minimum Gasteiger partial charge on any atom is -0.444 e. The highest BCUT2D eigenvalue weighted by molar-refractivity contribution is 9.11. The van der Waals surface area contributed by atoms with Gasteiger partial charge in [-0.3, -0.25) is 19.2 Å². The lowest BCUT2D eigenvalue weighted by Crippen LogP contribution is -2.65. The van der Waals surface area contributed by atoms with Crippen LogP contribution in [-0.4, -0.2) is 104 Å². The number of nitrogens with one attached hydrogen (secondary N) is 2. The molecule has 6 atom stereocenters. The Hall–Kier alpha value is -2.75. The van der Waals surface area contributed by atoms with Crippen molar-refractivity contribution in [2.45, 2.75) is 108 Å². The van der Waals surface area contributed by atoms with E-state index in [0.717, 1.165) is 8.95 Å². The van der Waals surface area contributed by atoms with E-state index in [4.69, 9.17) is 10.5 Å². The number of aliphatic hydroxyl groups excluding tert-OH is 2. The van der Waals surface area contributed by atoms with Crippen molar-refractivity contribution in [2.24, 2.45) is 5.73 Å². The predicted molar refractivity (Wildman–Crippen MR) is 172 cm³/mol. The van der Waals surface area contributed by atoms with E-state index < -0.39 is 71.2 Å². The van der Waals surface area contributed by atoms with Crippen molar-refractivity contribution in [1.82, 2.24) is 20.4 Å². The fourth-order valence-electron chi connectivity index (χ4n) is 5.92. The Balaban J connectivity index is 1.97. The number of benzene rings is 1. The standard InChI is InChI=1S/C30H43Br2N5O8/c1-16(38)22(24(33)40)34-27(43)30(15-18-12-19(31)14-20(32)13-18)9-7-11-37(30)25(41)21-8-6-10-36(21)26(42)23(17(2)39)35-28(44)45-29(3,4)5/h12-14,16-17,21-23,38-39H,6-11,15H2,1-5H3,(H2,33,40)(H,34,43)(H,35,44). The van der Waals surface area contributed by atoms with Crippen LogP contribution in [0.25, 0.3) is 0 Å². The van der Waals surface area contributed by atoms with E-state index in [1.807, 2.05) is 18.2 Å². The number of primary amides is 1. The van der Waals surface area contributed by atoms with Gasteiger partial charge < -0.3 is 41.1 Å². The quantitative estimate of drug-likeness (QED) is 0.238. The van der Waals surface area contributed by atoms with Crippen LogP contribution in [-0.2, 0) is 30.3 Å². The maximum atomic E-state index is 14.4. The molecule has 5 amide bonds. The number of amides is 5. The lowest BCUT2D eigenvalue weighted by molar-refractivity contribution is -0.153. The van der Waals surface area contributed by atoms with Crippen LogP contribution in [0.15, 0.2) is 27.1 Å². The van der Waals surface area contributed by atoms with E-state index in [1.165, 1.54) is 23.6 Å². The van der Waals surface area contributed by atoms with E-state index in [2.05, 4.69) is 42.5 Å². The van der Waals surface area contributed by atoms with Gasteiger partial charge in [-0.1, -0.05) is 31.9 Å². The molecule has 2 aliphatic rings. The first kappa shape index (κ1) is 36.7. The van der Waals surface area contributed by atoms with Gasteiger partial charge in [0.1, 0.15) is 29.3 Å². The van der Waals surface area contributed by atoms with E-state index in [9.17, 15) is 34.2 Å². The van der Waals surface area contributed by atoms with Gasteiger partial charge in [0.2, 0.25) is 23.6 Å². The third-order valence-electron chi connectivity index (χ3n) is 7.91. The zero-order chi connectivity index (χ0) is 33.9. The zero-order valence-electron chi connectivity index (χ0n) is 26.1. The van der Waals surface area contributed by atoms with Crippen molar-refractivity contribution in [3.8, 4) is 0 Å². The van der Waals surface area contributed by atoms with Crippen LogP contribution in [0.5, 0.6) is 0 Å². The first-order valence-corrected chi connectivity index (χ1v) is 16.5. The van der Waals surface area contributed by atoms with Crippen LogP contribution < -0.4 is 16.4 Å². The second-order valence-electron chi connectivity index (χ2n) is 12.7. The number of nitrogens with zero attached hydrogens (tertiary/aromatic N) is 2. The number of ether oxygens (including phenoxy) is 1. The molecule has 0 bridgehead atoms. The molecule has 15 heteroatoms. The monoisotopic (exact) mass is 759 g/mol. The highest BCUT2D eigenvalue weighted by Crippen LogP contribution is 2.37. The van der Waals surface area contributed by atoms with Gasteiger partial charge in [0, 0.05) is 28.5 Å². The van der Waals surface area contributed by atoms with Crippen LogP contribution in [0, 0.1) is 0 Å². The van der Waals surface area contributed by atoms with Crippen molar-refractivity contribution >= 4 is 61.6 Å². The van der Waals surface area contributed by atoms with Gasteiger partial charge in [-0.05, 0) is 84.1 Å². The number of carbonyl (C=O) groups is 5. The van der Waals surface area contributed by atoms with E-state index >= 15 is 0 Å². The first-order chi connectivity index (χ1) is 20.9. The van der Waals surface area contributed by atoms with Crippen molar-refractivity contribution < 1.29 is 38.9 Å². The maximum absolute atomic E-state index is 14.4. The molecule has 6 unspecified atom stereocenters. The molecule has 13 nitrogen and oxygen atoms in total. The molecule has 6 N–H and O–H groups in total. The third kappa shape index (κ3) is 8.95. The second kappa shape index (κ2) is 14.8. The average Bonchev–Trinajstić information content (AvgIpc) is 3.55. The summed E-state index contributed by atoms with van der Waals surface area (Å²) in [6, 6.07) is 1.74. The molecule has 0 spiro atoms. The third-order valence-corrected chi connectivity index (χ3v) is 8.83. The molecular formula is C30H43Br2N5O8. The fourth-order valence-corrected chi connectivity index (χ4v) is 7.31. The minimum absolute atomic E-state index is 0.0745. The van der Waals surface area contributed by atoms with Crippen molar-refractivity contribution in [1.29, 1.82) is 0 Å². The molecule has 2 fully saturated rings. The largest absolute Gasteiger partial charge is 0.444 e. The summed E-state index contributed by atoms with van der Waals surface area (Å²) >= 11 is 6.93. The summed E-state index contributed by atoms with van der Waals surface area (Å²) in [4.78, 5) is 69.6. The van der Waals surface area contributed by atoms with Gasteiger partial charge in [-0.25, -0.2) is 4.79 Å². The lowest BCUT2D eigenvalue weighted by atomic mass is 9.86. The number of hydrogen-bond donors (Lipinski definition) is 5. The molecule has 0 saturated carbocycles. The summed E-state index contributed by atoms with van der Waals surface area (Å²) in [7, 11) is 0. The van der Waals surface area contributed by atoms with Crippen molar-refractivity contribution in [3.05, 3.63) is 32.7 Å². The Kier molecular flexibility index (Phi) is 12.1. The minimum atomic E-state index is -1.48. The summed E-state index contributed by atoms with van der Waals surface area (Å²) in [5.74, 6) is -2.71. The molecule has 2 heterocycles. The lowest BCUT2D eigenvalue weighted by Gasteiger charge is -2.41. The summed E-state index contributed by atoms with van der Waals surface area (Å²) in [6.07, 6.45) is -1.90. The smallest absolute Gasteiger partial charge is 0.408 e. The highest BCUT2D eigenvalue weighted by Gasteiger charge is 2.53. The number of halogens is 2. The Morgan fingerprint density at radius 1 is 1.00 bits per heavy atom. The number of aliphatic hydroxyl groups is 2. The van der Waals surface area contributed by atoms with E-state index in [-0.39, 0.29) is 25.9 Å².